The molecule has 0 saturated carbocycles. The van der Waals surface area contributed by atoms with Crippen LogP contribution in [0, 0.1) is 0 Å². The van der Waals surface area contributed by atoms with Gasteiger partial charge in [0.2, 0.25) is 0 Å². The summed E-state index contributed by atoms with van der Waals surface area (Å²) in [5.74, 6) is 0. The first-order chi connectivity index (χ1) is 5.20. The predicted molar refractivity (Wildman–Crippen MR) is 40.8 cm³/mol. The molecule has 0 N–H and O–H groups in total. The fourth-order valence-corrected chi connectivity index (χ4v) is 0. The average molecular weight is 302 g/mol. The Morgan fingerprint density at radius 3 is 0.500 bits per heavy atom. The van der Waals surface area contributed by atoms with E-state index in [9.17, 15) is 0 Å². The number of hydrogen-bond acceptors (Lipinski definition) is 9. The Morgan fingerprint density at radius 2 is 0.500 bits per heavy atom. The average Bonchev–Trinajstić information content (AvgIpc) is 1.54. The molecule has 0 rings (SSSR count). The molecule has 9 nitrogen and oxygen atoms in total. The van der Waals surface area contributed by atoms with Crippen LogP contribution in [0.1, 0.15) is 0 Å². The summed E-state index contributed by atoms with van der Waals surface area (Å²) >= 11 is 0. The van der Waals surface area contributed by atoms with Gasteiger partial charge in [0, 0.05) is 0 Å². The normalized spacial score (nSPS) is 7.50. The first kappa shape index (κ1) is 29.5. The van der Waals surface area contributed by atoms with Gasteiger partial charge in [0.15, 0.2) is 0 Å². The molecule has 0 aromatic rings. The molecule has 0 aliphatic rings. The Balaban J connectivity index is -0.0000000270. The summed E-state index contributed by atoms with van der Waals surface area (Å²) in [5, 5.41) is 0. The van der Waals surface area contributed by atoms with Crippen LogP contribution in [0.3, 0.4) is 0 Å². The molecule has 4 radical (unpaired) electrons. The van der Waals surface area contributed by atoms with Crippen molar-refractivity contribution in [3.63, 3.8) is 0 Å². The van der Waals surface area contributed by atoms with E-state index in [0.29, 0.717) is 0 Å². The van der Waals surface area contributed by atoms with Gasteiger partial charge in [-0.25, -0.2) is 0 Å². The van der Waals surface area contributed by atoms with Crippen LogP contribution < -0.4 is 29.4 Å². The minimum Gasteiger partial charge on any atom is -0.813 e. The molecule has 0 aromatic carbocycles. The van der Waals surface area contributed by atoms with Crippen molar-refractivity contribution in [1.82, 2.24) is 0 Å². The van der Waals surface area contributed by atoms with Crippen LogP contribution in [-0.2, 0) is 13.7 Å². The second kappa shape index (κ2) is 23.8. The minimum atomic E-state index is -3.63. The van der Waals surface area contributed by atoms with E-state index in [1.54, 1.807) is 0 Å². The summed E-state index contributed by atoms with van der Waals surface area (Å²) < 4.78 is 25.6. The maximum Gasteiger partial charge on any atom is 3.00 e. The van der Waals surface area contributed by atoms with Crippen LogP contribution in [0.4, 0.5) is 0 Å². The molecule has 0 amide bonds. The van der Waals surface area contributed by atoms with Crippen molar-refractivity contribution in [2.75, 3.05) is 0 Å². The Morgan fingerprint density at radius 1 is 0.500 bits per heavy atom. The Kier molecular flexibility index (Phi) is 50.2. The second-order valence-electron chi connectivity index (χ2n) is 0.750. The van der Waals surface area contributed by atoms with Crippen molar-refractivity contribution < 1.29 is 43.1 Å². The Labute approximate surface area is 88.3 Å². The molecule has 0 unspecified atom stereocenters. The van der Waals surface area contributed by atoms with Gasteiger partial charge in [0.05, 0.1) is 0 Å². The van der Waals surface area contributed by atoms with Gasteiger partial charge in [-0.2, -0.15) is 0 Å². The third-order valence-electron chi connectivity index (χ3n) is 0. The van der Waals surface area contributed by atoms with E-state index in [1.165, 1.54) is 0 Å². The van der Waals surface area contributed by atoms with Crippen LogP contribution in [0.2, 0.25) is 0 Å². The van der Waals surface area contributed by atoms with Gasteiger partial charge >= 0.3 is 19.8 Å². The van der Waals surface area contributed by atoms with Gasteiger partial charge in [-0.05, 0) is 0 Å². The third-order valence-corrected chi connectivity index (χ3v) is 0. The molecular formula is H3O9P5. The smallest absolute Gasteiger partial charge is 0.813 e. The first-order valence-corrected chi connectivity index (χ1v) is 5.51. The molecule has 0 aliphatic heterocycles. The monoisotopic (exact) mass is 302 g/mol. The van der Waals surface area contributed by atoms with Crippen molar-refractivity contribution in [3.05, 3.63) is 0 Å². The summed E-state index contributed by atoms with van der Waals surface area (Å²) in [5.41, 5.74) is 0. The molecule has 0 aliphatic carbocycles. The van der Waals surface area contributed by atoms with Crippen LogP contribution in [-0.4, -0.2) is 0 Å². The zero-order valence-corrected chi connectivity index (χ0v) is 10.9. The predicted octanol–water partition coefficient (Wildman–Crippen LogP) is -3.99. The van der Waals surface area contributed by atoms with Crippen molar-refractivity contribution in [2.24, 2.45) is 0 Å². The van der Waals surface area contributed by atoms with E-state index in [4.69, 9.17) is 43.1 Å². The SMILES string of the molecule is O=[PH]([O-])[O-].O=[PH]([O-])[O-].O=[PH]([O-])[O-].[P+3].[P+3]. The fourth-order valence-electron chi connectivity index (χ4n) is 0. The van der Waals surface area contributed by atoms with E-state index in [0.717, 1.165) is 0 Å². The molecule has 82 valence electrons. The maximum atomic E-state index is 8.52. The Hall–Kier alpha value is 1.31. The van der Waals surface area contributed by atoms with Gasteiger partial charge < -0.3 is 43.1 Å². The van der Waals surface area contributed by atoms with Gasteiger partial charge in [0.1, 0.15) is 0 Å². The van der Waals surface area contributed by atoms with Gasteiger partial charge in [-0.15, -0.1) is 0 Å². The van der Waals surface area contributed by atoms with Crippen molar-refractivity contribution in [2.45, 2.75) is 0 Å². The molecule has 14 heavy (non-hydrogen) atoms. The molecule has 0 atom stereocenters. The molecule has 0 heterocycles. The van der Waals surface area contributed by atoms with Crippen molar-refractivity contribution in [1.29, 1.82) is 0 Å². The topological polar surface area (TPSA) is 190 Å². The van der Waals surface area contributed by atoms with E-state index >= 15 is 0 Å². The Bertz CT molecular complexity index is 111. The van der Waals surface area contributed by atoms with Crippen LogP contribution in [0.15, 0.2) is 0 Å². The molecule has 0 saturated heterocycles. The molecule has 0 fully saturated rings. The largest absolute Gasteiger partial charge is 3.00 e. The van der Waals surface area contributed by atoms with Crippen LogP contribution >= 0.6 is 44.6 Å². The quantitative estimate of drug-likeness (QED) is 0.401. The fraction of sp³-hybridized carbons (Fsp3) is 0. The van der Waals surface area contributed by atoms with Crippen molar-refractivity contribution >= 4 is 44.6 Å². The van der Waals surface area contributed by atoms with E-state index in [1.807, 2.05) is 0 Å². The van der Waals surface area contributed by atoms with Crippen LogP contribution in [0.5, 0.6) is 0 Å². The summed E-state index contributed by atoms with van der Waals surface area (Å²) in [6.45, 7) is 0. The summed E-state index contributed by atoms with van der Waals surface area (Å²) in [6.07, 6.45) is 0. The number of rotatable bonds is 0. The van der Waals surface area contributed by atoms with Crippen molar-refractivity contribution in [3.8, 4) is 0 Å². The third kappa shape index (κ3) is 1180. The minimum absolute atomic E-state index is 0. The van der Waals surface area contributed by atoms with Gasteiger partial charge in [-0.1, -0.05) is 24.8 Å². The van der Waals surface area contributed by atoms with Gasteiger partial charge in [0.25, 0.3) is 0 Å². The molecule has 14 heteroatoms. The van der Waals surface area contributed by atoms with Gasteiger partial charge in [-0.3, -0.25) is 0 Å². The van der Waals surface area contributed by atoms with E-state index in [2.05, 4.69) is 0 Å². The summed E-state index contributed by atoms with van der Waals surface area (Å²) in [7, 11) is -10.9. The molecule has 0 spiro atoms. The molecule has 0 bridgehead atoms. The summed E-state index contributed by atoms with van der Waals surface area (Å²) in [4.78, 5) is 51.1. The van der Waals surface area contributed by atoms with E-state index in [-0.39, 0.29) is 19.8 Å². The zero-order valence-electron chi connectivity index (χ0n) is 6.07. The zero-order chi connectivity index (χ0) is 10.7. The van der Waals surface area contributed by atoms with Crippen LogP contribution in [0.25, 0.3) is 0 Å². The molecule has 0 aromatic heterocycles. The standard InChI is InChI=1S/3H3O3P.2P/c3*1-4(2)3;;/h3*4H,(H2,1,2,3);;/q;;;2*+3/p-6. The first-order valence-electron chi connectivity index (χ1n) is 1.84. The summed E-state index contributed by atoms with van der Waals surface area (Å²) in [6, 6.07) is 0. The maximum absolute atomic E-state index is 8.52. The number of hydrogen-bond donors (Lipinski definition) is 0. The second-order valence-corrected chi connectivity index (χ2v) is 2.25. The molecular weight excluding hydrogens is 299 g/mol. The van der Waals surface area contributed by atoms with E-state index < -0.39 is 24.8 Å².